The Morgan fingerprint density at radius 1 is 0.551 bits per heavy atom. The molecule has 0 radical (unpaired) electrons. The van der Waals surface area contributed by atoms with E-state index in [0.29, 0.717) is 6.61 Å². The van der Waals surface area contributed by atoms with Crippen molar-refractivity contribution in [3.05, 3.63) is 179 Å². The van der Waals surface area contributed by atoms with Crippen LogP contribution in [0.3, 0.4) is 0 Å². The first-order valence-corrected chi connectivity index (χ1v) is 17.7. The first-order chi connectivity index (χ1) is 24.1. The van der Waals surface area contributed by atoms with Crippen molar-refractivity contribution in [2.45, 2.75) is 70.0 Å². The summed E-state index contributed by atoms with van der Waals surface area (Å²) < 4.78 is 39.0. The number of hydrogen-bond acceptors (Lipinski definition) is 7. The molecule has 1 N–H and O–H groups in total. The lowest BCUT2D eigenvalue weighted by Gasteiger charge is -2.50. The molecule has 8 heteroatoms. The van der Waals surface area contributed by atoms with Crippen LogP contribution in [-0.4, -0.2) is 35.3 Å². The van der Waals surface area contributed by atoms with E-state index in [2.05, 4.69) is 0 Å². The second-order valence-corrected chi connectivity index (χ2v) is 13.3. The van der Waals surface area contributed by atoms with Gasteiger partial charge in [-0.25, -0.2) is 0 Å². The van der Waals surface area contributed by atoms with Gasteiger partial charge in [-0.2, -0.15) is 0 Å². The molecular formula is C41H43O7P. The van der Waals surface area contributed by atoms with Gasteiger partial charge < -0.3 is 28.4 Å². The Morgan fingerprint density at radius 2 is 0.939 bits per heavy atom. The fraction of sp³-hybridized carbons (Fsp3) is 0.268. The lowest BCUT2D eigenvalue weighted by atomic mass is 9.81. The third-order valence-electron chi connectivity index (χ3n) is 8.43. The zero-order valence-corrected chi connectivity index (χ0v) is 28.5. The van der Waals surface area contributed by atoms with Crippen LogP contribution in [0.5, 0.6) is 0 Å². The molecule has 0 aliphatic carbocycles. The van der Waals surface area contributed by atoms with Crippen LogP contribution in [0.25, 0.3) is 0 Å². The summed E-state index contributed by atoms with van der Waals surface area (Å²) in [5, 5.41) is 13.0. The molecule has 49 heavy (non-hydrogen) atoms. The van der Waals surface area contributed by atoms with Crippen LogP contribution >= 0.6 is 8.60 Å². The van der Waals surface area contributed by atoms with Gasteiger partial charge in [-0.15, -0.1) is 0 Å². The highest BCUT2D eigenvalue weighted by atomic mass is 31.2. The largest absolute Gasteiger partial charge is 0.381 e. The van der Waals surface area contributed by atoms with Crippen molar-refractivity contribution in [1.29, 1.82) is 0 Å². The smallest absolute Gasteiger partial charge is 0.335 e. The van der Waals surface area contributed by atoms with Crippen molar-refractivity contribution in [2.24, 2.45) is 0 Å². The standard InChI is InChI=1S/C41H43O7P/c1-32-38(43-28-34-19-9-3-10-20-34)39(44-29-35-21-11-4-12-22-35)41(42,27-33-17-7-2-8-18-33)40(47-32)48-49(45-30-36-23-13-5-14-24-36)46-31-37-25-15-6-16-26-37/h2-26,32,38-40,42H,27-31H2,1H3/t32-,38+,39+,40-,41-/m0/s1. The first-order valence-electron chi connectivity index (χ1n) is 16.6. The van der Waals surface area contributed by atoms with E-state index in [1.165, 1.54) is 0 Å². The first kappa shape index (κ1) is 35.1. The summed E-state index contributed by atoms with van der Waals surface area (Å²) in [4.78, 5) is 0. The summed E-state index contributed by atoms with van der Waals surface area (Å²) in [5.41, 5.74) is 3.12. The summed E-state index contributed by atoms with van der Waals surface area (Å²) in [5.74, 6) is 0. The van der Waals surface area contributed by atoms with Crippen LogP contribution in [-0.2, 0) is 60.6 Å². The lowest BCUT2D eigenvalue weighted by molar-refractivity contribution is -0.332. The monoisotopic (exact) mass is 678 g/mol. The van der Waals surface area contributed by atoms with Gasteiger partial charge in [0.2, 0.25) is 0 Å². The molecule has 0 saturated carbocycles. The Labute approximate surface area is 290 Å². The second kappa shape index (κ2) is 17.8. The van der Waals surface area contributed by atoms with E-state index in [1.807, 2.05) is 159 Å². The Morgan fingerprint density at radius 3 is 1.39 bits per heavy atom. The summed E-state index contributed by atoms with van der Waals surface area (Å²) in [7, 11) is -1.99. The summed E-state index contributed by atoms with van der Waals surface area (Å²) in [6.07, 6.45) is -2.97. The molecule has 0 aromatic heterocycles. The Hall–Kier alpha value is -3.75. The van der Waals surface area contributed by atoms with Crippen molar-refractivity contribution in [3.63, 3.8) is 0 Å². The minimum atomic E-state index is -1.99. The van der Waals surface area contributed by atoms with Crippen molar-refractivity contribution in [2.75, 3.05) is 0 Å². The molecule has 1 aliphatic heterocycles. The average molecular weight is 679 g/mol. The van der Waals surface area contributed by atoms with E-state index in [9.17, 15) is 5.11 Å². The van der Waals surface area contributed by atoms with Gasteiger partial charge in [-0.3, -0.25) is 4.52 Å². The second-order valence-electron chi connectivity index (χ2n) is 12.2. The maximum atomic E-state index is 13.0. The summed E-state index contributed by atoms with van der Waals surface area (Å²) in [6.45, 7) is 3.03. The van der Waals surface area contributed by atoms with Crippen LogP contribution in [0.4, 0.5) is 0 Å². The predicted octanol–water partition coefficient (Wildman–Crippen LogP) is 8.55. The van der Waals surface area contributed by atoms with E-state index >= 15 is 0 Å². The van der Waals surface area contributed by atoms with Gasteiger partial charge in [-0.1, -0.05) is 152 Å². The molecule has 5 aromatic rings. The quantitative estimate of drug-likeness (QED) is 0.105. The van der Waals surface area contributed by atoms with Gasteiger partial charge in [0.05, 0.1) is 32.5 Å². The molecule has 1 aliphatic rings. The van der Waals surface area contributed by atoms with Crippen LogP contribution in [0.1, 0.15) is 34.7 Å². The van der Waals surface area contributed by atoms with Crippen molar-refractivity contribution < 1.29 is 32.9 Å². The highest BCUT2D eigenvalue weighted by Gasteiger charge is 2.57. The Kier molecular flexibility index (Phi) is 12.7. The van der Waals surface area contributed by atoms with E-state index < -0.39 is 38.8 Å². The zero-order chi connectivity index (χ0) is 33.7. The Balaban J connectivity index is 1.31. The van der Waals surface area contributed by atoms with Crippen LogP contribution < -0.4 is 0 Å². The van der Waals surface area contributed by atoms with Gasteiger partial charge >= 0.3 is 8.60 Å². The number of aliphatic hydroxyl groups is 1. The van der Waals surface area contributed by atoms with Crippen LogP contribution in [0.15, 0.2) is 152 Å². The average Bonchev–Trinajstić information content (AvgIpc) is 3.15. The molecule has 7 nitrogen and oxygen atoms in total. The molecule has 0 amide bonds. The Bertz CT molecular complexity index is 1600. The highest BCUT2D eigenvalue weighted by Crippen LogP contribution is 2.48. The maximum Gasteiger partial charge on any atom is 0.335 e. The van der Waals surface area contributed by atoms with E-state index in [-0.39, 0.29) is 26.2 Å². The van der Waals surface area contributed by atoms with E-state index in [1.54, 1.807) is 0 Å². The number of ether oxygens (including phenoxy) is 3. The molecule has 1 saturated heterocycles. The van der Waals surface area contributed by atoms with Gasteiger partial charge in [0.25, 0.3) is 0 Å². The van der Waals surface area contributed by atoms with E-state index in [4.69, 9.17) is 27.8 Å². The zero-order valence-electron chi connectivity index (χ0n) is 27.6. The van der Waals surface area contributed by atoms with Crippen molar-refractivity contribution >= 4 is 8.60 Å². The minimum absolute atomic E-state index is 0.177. The topological polar surface area (TPSA) is 75.6 Å². The molecule has 0 unspecified atom stereocenters. The molecule has 6 rings (SSSR count). The normalized spacial score (nSPS) is 22.3. The SMILES string of the molecule is C[C@@H]1O[C@@H](OP(OCc2ccccc2)OCc2ccccc2)[C@](O)(Cc2ccccc2)[C@H](OCc2ccccc2)[C@@H]1OCc1ccccc1. The number of hydrogen-bond donors (Lipinski definition) is 1. The van der Waals surface area contributed by atoms with Gasteiger partial charge in [0, 0.05) is 6.42 Å². The van der Waals surface area contributed by atoms with Gasteiger partial charge in [0.1, 0.15) is 17.8 Å². The molecule has 0 bridgehead atoms. The third kappa shape index (κ3) is 9.92. The van der Waals surface area contributed by atoms with Crippen LogP contribution in [0, 0.1) is 0 Å². The molecule has 1 fully saturated rings. The molecule has 1 heterocycles. The van der Waals surface area contributed by atoms with Crippen molar-refractivity contribution in [3.8, 4) is 0 Å². The molecule has 5 atom stereocenters. The summed E-state index contributed by atoms with van der Waals surface area (Å²) >= 11 is 0. The van der Waals surface area contributed by atoms with Gasteiger partial charge in [0.15, 0.2) is 6.29 Å². The predicted molar refractivity (Wildman–Crippen MR) is 190 cm³/mol. The third-order valence-corrected chi connectivity index (χ3v) is 9.47. The molecule has 254 valence electrons. The molecular weight excluding hydrogens is 635 g/mol. The minimum Gasteiger partial charge on any atom is -0.381 e. The van der Waals surface area contributed by atoms with Gasteiger partial charge in [-0.05, 0) is 34.7 Å². The molecule has 5 aromatic carbocycles. The number of benzene rings is 5. The van der Waals surface area contributed by atoms with E-state index in [0.717, 1.165) is 27.8 Å². The number of rotatable bonds is 16. The van der Waals surface area contributed by atoms with Crippen LogP contribution in [0.2, 0.25) is 0 Å². The lowest BCUT2D eigenvalue weighted by Crippen LogP contribution is -2.68. The molecule has 0 spiro atoms. The highest BCUT2D eigenvalue weighted by molar-refractivity contribution is 7.41. The fourth-order valence-electron chi connectivity index (χ4n) is 5.85. The fourth-order valence-corrected chi connectivity index (χ4v) is 6.94. The maximum absolute atomic E-state index is 13.0. The summed E-state index contributed by atoms with van der Waals surface area (Å²) in [6, 6.07) is 49.3. The van der Waals surface area contributed by atoms with Crippen molar-refractivity contribution in [1.82, 2.24) is 0 Å².